The van der Waals surface area contributed by atoms with Gasteiger partial charge < -0.3 is 29.7 Å². The molecule has 2 heterocycles. The van der Waals surface area contributed by atoms with Gasteiger partial charge in [-0.05, 0) is 12.1 Å². The first kappa shape index (κ1) is 21.7. The van der Waals surface area contributed by atoms with Crippen LogP contribution in [0.25, 0.3) is 0 Å². The van der Waals surface area contributed by atoms with Gasteiger partial charge in [-0.25, -0.2) is 0 Å². The number of halogens is 1. The van der Waals surface area contributed by atoms with Crippen LogP contribution in [-0.4, -0.2) is 71.1 Å². The topological polar surface area (TPSA) is 84.4 Å². The first-order valence-electron chi connectivity index (χ1n) is 8.80. The highest BCUT2D eigenvalue weighted by Crippen LogP contribution is 2.25. The molecule has 0 spiro atoms. The van der Waals surface area contributed by atoms with Gasteiger partial charge in [0.25, 0.3) is 0 Å². The van der Waals surface area contributed by atoms with Crippen molar-refractivity contribution in [2.45, 2.75) is 18.6 Å². The Morgan fingerprint density at radius 1 is 1.41 bits per heavy atom. The van der Waals surface area contributed by atoms with Crippen LogP contribution in [0.5, 0.6) is 5.75 Å². The van der Waals surface area contributed by atoms with Crippen molar-refractivity contribution in [2.24, 2.45) is 4.99 Å². The molecule has 0 aliphatic carbocycles. The summed E-state index contributed by atoms with van der Waals surface area (Å²) in [7, 11) is 3.33. The number of carbonyl (C=O) groups excluding carboxylic acids is 1. The van der Waals surface area contributed by atoms with E-state index in [-0.39, 0.29) is 42.0 Å². The van der Waals surface area contributed by atoms with Crippen LogP contribution in [-0.2, 0) is 14.3 Å². The maximum atomic E-state index is 12.4. The number of methoxy groups -OCH3 is 1. The fraction of sp³-hybridized carbons (Fsp3) is 0.556. The number of guanidine groups is 1. The Kier molecular flexibility index (Phi) is 8.58. The summed E-state index contributed by atoms with van der Waals surface area (Å²) in [6.07, 6.45) is 0.432. The number of nitrogens with one attached hydrogen (secondary N) is 2. The molecule has 2 aliphatic heterocycles. The van der Waals surface area contributed by atoms with Gasteiger partial charge in [0.1, 0.15) is 5.75 Å². The van der Waals surface area contributed by atoms with Crippen molar-refractivity contribution in [3.05, 3.63) is 24.3 Å². The lowest BCUT2D eigenvalue weighted by Gasteiger charge is -2.25. The number of amides is 1. The first-order chi connectivity index (χ1) is 12.7. The zero-order valence-corrected chi connectivity index (χ0v) is 18.0. The Morgan fingerprint density at radius 2 is 2.26 bits per heavy atom. The zero-order chi connectivity index (χ0) is 18.4. The summed E-state index contributed by atoms with van der Waals surface area (Å²) >= 11 is 0. The van der Waals surface area contributed by atoms with Crippen LogP contribution in [0.3, 0.4) is 0 Å². The molecule has 3 rings (SSSR count). The van der Waals surface area contributed by atoms with Gasteiger partial charge >= 0.3 is 0 Å². The van der Waals surface area contributed by atoms with E-state index in [1.165, 1.54) is 0 Å². The number of nitrogens with zero attached hydrogens (tertiary/aromatic N) is 2. The molecule has 27 heavy (non-hydrogen) atoms. The highest BCUT2D eigenvalue weighted by atomic mass is 127. The van der Waals surface area contributed by atoms with Crippen molar-refractivity contribution >= 4 is 41.5 Å². The van der Waals surface area contributed by atoms with Gasteiger partial charge in [0.05, 0.1) is 39.1 Å². The van der Waals surface area contributed by atoms with Crippen molar-refractivity contribution in [1.29, 1.82) is 0 Å². The summed E-state index contributed by atoms with van der Waals surface area (Å²) in [6, 6.07) is 7.52. The van der Waals surface area contributed by atoms with Crippen LogP contribution in [0.2, 0.25) is 0 Å². The third-order valence-electron chi connectivity index (χ3n) is 4.44. The van der Waals surface area contributed by atoms with Gasteiger partial charge in [0, 0.05) is 38.3 Å². The second-order valence-electron chi connectivity index (χ2n) is 6.27. The van der Waals surface area contributed by atoms with E-state index in [0.717, 1.165) is 11.4 Å². The molecule has 150 valence electrons. The second-order valence-corrected chi connectivity index (χ2v) is 6.27. The molecule has 2 N–H and O–H groups in total. The maximum Gasteiger partial charge on any atom is 0.229 e. The van der Waals surface area contributed by atoms with E-state index in [9.17, 15) is 4.79 Å². The fourth-order valence-electron chi connectivity index (χ4n) is 3.09. The number of benzene rings is 1. The van der Waals surface area contributed by atoms with E-state index < -0.39 is 0 Å². The van der Waals surface area contributed by atoms with Gasteiger partial charge in [-0.1, -0.05) is 6.07 Å². The molecule has 0 bridgehead atoms. The summed E-state index contributed by atoms with van der Waals surface area (Å²) in [4.78, 5) is 18.4. The van der Waals surface area contributed by atoms with Crippen LogP contribution in [0.15, 0.2) is 29.3 Å². The van der Waals surface area contributed by atoms with Crippen LogP contribution in [0, 0.1) is 0 Å². The third-order valence-corrected chi connectivity index (χ3v) is 4.44. The van der Waals surface area contributed by atoms with E-state index >= 15 is 0 Å². The first-order valence-corrected chi connectivity index (χ1v) is 8.80. The molecule has 1 aromatic carbocycles. The average Bonchev–Trinajstić information content (AvgIpc) is 3.06. The van der Waals surface area contributed by atoms with Gasteiger partial charge in [0.2, 0.25) is 5.91 Å². The molecule has 0 saturated carbocycles. The van der Waals surface area contributed by atoms with Gasteiger partial charge in [-0.3, -0.25) is 9.79 Å². The summed E-state index contributed by atoms with van der Waals surface area (Å²) in [5.41, 5.74) is 0.842. The molecule has 2 unspecified atom stereocenters. The summed E-state index contributed by atoms with van der Waals surface area (Å²) in [6.45, 7) is 3.03. The van der Waals surface area contributed by atoms with Crippen molar-refractivity contribution in [3.63, 3.8) is 0 Å². The van der Waals surface area contributed by atoms with Crippen molar-refractivity contribution in [2.75, 3.05) is 52.0 Å². The number of hydrogen-bond acceptors (Lipinski definition) is 5. The lowest BCUT2D eigenvalue weighted by atomic mass is 10.2. The largest absolute Gasteiger partial charge is 0.497 e. The average molecular weight is 490 g/mol. The Hall–Kier alpha value is -1.59. The molecule has 2 saturated heterocycles. The molecule has 0 radical (unpaired) electrons. The minimum Gasteiger partial charge on any atom is -0.497 e. The predicted molar refractivity (Wildman–Crippen MR) is 114 cm³/mol. The molecule has 8 nitrogen and oxygen atoms in total. The molecule has 1 aromatic rings. The van der Waals surface area contributed by atoms with Crippen molar-refractivity contribution < 1.29 is 19.0 Å². The van der Waals surface area contributed by atoms with Crippen LogP contribution in [0.1, 0.15) is 6.42 Å². The van der Waals surface area contributed by atoms with Gasteiger partial charge in [-0.2, -0.15) is 0 Å². The van der Waals surface area contributed by atoms with E-state index in [1.54, 1.807) is 19.1 Å². The molecule has 9 heteroatoms. The SMILES string of the molecule is CN=C(NCC1COCCO1)NC1CC(=O)N(c2cccc(OC)c2)C1.I. The standard InChI is InChI=1S/C18H26N4O4.HI/c1-19-18(20-10-16-12-25-6-7-26-16)21-13-8-17(23)22(11-13)14-4-3-5-15(9-14)24-2;/h3-5,9,13,16H,6-8,10-12H2,1-2H3,(H2,19,20,21);1H. The Labute approximate surface area is 176 Å². The van der Waals surface area contributed by atoms with E-state index in [1.807, 2.05) is 24.3 Å². The fourth-order valence-corrected chi connectivity index (χ4v) is 3.09. The van der Waals surface area contributed by atoms with Crippen molar-refractivity contribution in [3.8, 4) is 5.75 Å². The summed E-state index contributed by atoms with van der Waals surface area (Å²) in [5.74, 6) is 1.47. The van der Waals surface area contributed by atoms with E-state index in [4.69, 9.17) is 14.2 Å². The van der Waals surface area contributed by atoms with Gasteiger partial charge in [0.15, 0.2) is 5.96 Å². The summed E-state index contributed by atoms with van der Waals surface area (Å²) < 4.78 is 16.2. The van der Waals surface area contributed by atoms with Crippen LogP contribution in [0.4, 0.5) is 5.69 Å². The molecular weight excluding hydrogens is 463 g/mol. The molecule has 2 atom stereocenters. The normalized spacial score (nSPS) is 23.0. The van der Waals surface area contributed by atoms with E-state index in [2.05, 4.69) is 15.6 Å². The number of rotatable bonds is 5. The molecule has 2 aliphatic rings. The number of hydrogen-bond donors (Lipinski definition) is 2. The number of ether oxygens (including phenoxy) is 3. The highest BCUT2D eigenvalue weighted by Gasteiger charge is 2.31. The predicted octanol–water partition coefficient (Wildman–Crippen LogP) is 0.999. The smallest absolute Gasteiger partial charge is 0.229 e. The monoisotopic (exact) mass is 490 g/mol. The molecule has 0 aromatic heterocycles. The van der Waals surface area contributed by atoms with Crippen LogP contribution >= 0.6 is 24.0 Å². The minimum absolute atomic E-state index is 0. The number of anilines is 1. The quantitative estimate of drug-likeness (QED) is 0.364. The summed E-state index contributed by atoms with van der Waals surface area (Å²) in [5, 5.41) is 6.55. The molecular formula is C18H27IN4O4. The lowest BCUT2D eigenvalue weighted by Crippen LogP contribution is -2.48. The Balaban J connectivity index is 0.00000261. The van der Waals surface area contributed by atoms with Crippen LogP contribution < -0.4 is 20.3 Å². The highest BCUT2D eigenvalue weighted by molar-refractivity contribution is 14.0. The second kappa shape index (κ2) is 10.7. The maximum absolute atomic E-state index is 12.4. The van der Waals surface area contributed by atoms with E-state index in [0.29, 0.717) is 45.3 Å². The molecule has 1 amide bonds. The number of carbonyl (C=O) groups is 1. The lowest BCUT2D eigenvalue weighted by molar-refractivity contribution is -0.117. The van der Waals surface area contributed by atoms with Crippen molar-refractivity contribution in [1.82, 2.24) is 10.6 Å². The minimum atomic E-state index is -0.0107. The Morgan fingerprint density at radius 3 is 2.96 bits per heavy atom. The number of aliphatic imine (C=N–C) groups is 1. The molecule has 2 fully saturated rings. The zero-order valence-electron chi connectivity index (χ0n) is 15.6. The Bertz CT molecular complexity index is 652. The third kappa shape index (κ3) is 5.94. The van der Waals surface area contributed by atoms with Gasteiger partial charge in [-0.15, -0.1) is 24.0 Å².